The molecule has 3 rings (SSSR count). The van der Waals surface area contributed by atoms with E-state index in [1.54, 1.807) is 60.8 Å². The van der Waals surface area contributed by atoms with Gasteiger partial charge in [-0.3, -0.25) is 4.79 Å². The van der Waals surface area contributed by atoms with E-state index in [-0.39, 0.29) is 18.3 Å². The van der Waals surface area contributed by atoms with Crippen LogP contribution in [-0.4, -0.2) is 17.4 Å². The van der Waals surface area contributed by atoms with E-state index in [1.165, 1.54) is 0 Å². The molecule has 0 bridgehead atoms. The molecule has 2 aromatic carbocycles. The van der Waals surface area contributed by atoms with Gasteiger partial charge in [0.2, 0.25) is 11.8 Å². The third-order valence-electron chi connectivity index (χ3n) is 3.51. The Labute approximate surface area is 144 Å². The van der Waals surface area contributed by atoms with Crippen LogP contribution in [0.2, 0.25) is 0 Å². The maximum absolute atomic E-state index is 12.2. The molecular formula is C19H17N3O3. The highest BCUT2D eigenvalue weighted by Gasteiger charge is 2.13. The van der Waals surface area contributed by atoms with Crippen LogP contribution in [0.3, 0.4) is 0 Å². The number of fused-ring (bicyclic) bond motifs is 1. The fraction of sp³-hybridized carbons (Fsp3) is 0.105. The number of benzene rings is 2. The molecule has 0 spiro atoms. The highest BCUT2D eigenvalue weighted by Crippen LogP contribution is 2.26. The van der Waals surface area contributed by atoms with Gasteiger partial charge in [0.25, 0.3) is 0 Å². The van der Waals surface area contributed by atoms with Gasteiger partial charge >= 0.3 is 5.63 Å². The van der Waals surface area contributed by atoms with Crippen LogP contribution in [0, 0.1) is 0 Å². The summed E-state index contributed by atoms with van der Waals surface area (Å²) in [7, 11) is 0. The van der Waals surface area contributed by atoms with Crippen molar-refractivity contribution in [1.82, 2.24) is 10.3 Å². The van der Waals surface area contributed by atoms with Crippen LogP contribution in [0.25, 0.3) is 22.4 Å². The lowest BCUT2D eigenvalue weighted by Crippen LogP contribution is -2.24. The van der Waals surface area contributed by atoms with E-state index in [1.807, 2.05) is 6.92 Å². The number of carbonyl (C=O) groups is 1. The molecule has 0 aliphatic carbocycles. The zero-order valence-electron chi connectivity index (χ0n) is 13.7. The predicted octanol–water partition coefficient (Wildman–Crippen LogP) is 2.92. The van der Waals surface area contributed by atoms with E-state index in [0.29, 0.717) is 22.2 Å². The first-order valence-electron chi connectivity index (χ1n) is 7.82. The van der Waals surface area contributed by atoms with Crippen molar-refractivity contribution in [3.63, 3.8) is 0 Å². The van der Waals surface area contributed by atoms with Gasteiger partial charge in [-0.1, -0.05) is 30.3 Å². The fourth-order valence-corrected chi connectivity index (χ4v) is 2.38. The van der Waals surface area contributed by atoms with E-state index < -0.39 is 5.63 Å². The van der Waals surface area contributed by atoms with E-state index >= 15 is 0 Å². The maximum atomic E-state index is 12.2. The molecule has 2 N–H and O–H groups in total. The summed E-state index contributed by atoms with van der Waals surface area (Å²) >= 11 is 0. The van der Waals surface area contributed by atoms with Crippen LogP contribution in [0.15, 0.2) is 70.0 Å². The van der Waals surface area contributed by atoms with Gasteiger partial charge in [0, 0.05) is 0 Å². The van der Waals surface area contributed by atoms with Crippen LogP contribution in [0.5, 0.6) is 0 Å². The van der Waals surface area contributed by atoms with Crippen LogP contribution in [0.4, 0.5) is 5.69 Å². The zero-order valence-corrected chi connectivity index (χ0v) is 13.7. The Morgan fingerprint density at radius 2 is 1.92 bits per heavy atom. The van der Waals surface area contributed by atoms with Crippen LogP contribution < -0.4 is 16.3 Å². The van der Waals surface area contributed by atoms with Crippen molar-refractivity contribution in [3.05, 3.63) is 71.2 Å². The Morgan fingerprint density at radius 1 is 1.16 bits per heavy atom. The van der Waals surface area contributed by atoms with Gasteiger partial charge in [0.05, 0.1) is 28.7 Å². The molecular weight excluding hydrogens is 318 g/mol. The number of amides is 1. The monoisotopic (exact) mass is 335 g/mol. The molecule has 3 aromatic rings. The normalized spacial score (nSPS) is 10.9. The Hall–Kier alpha value is -3.41. The number of nitrogens with one attached hydrogen (secondary N) is 2. The molecule has 1 heterocycles. The quantitative estimate of drug-likeness (QED) is 0.749. The van der Waals surface area contributed by atoms with Gasteiger partial charge < -0.3 is 15.1 Å². The number of hydrogen-bond donors (Lipinski definition) is 2. The summed E-state index contributed by atoms with van der Waals surface area (Å²) in [5.41, 5.74) is 1.16. The SMILES string of the molecule is C/C=C\NCC(=O)Nc1ccccc1-c1nc2ccccc2c(=O)o1. The molecule has 25 heavy (non-hydrogen) atoms. The summed E-state index contributed by atoms with van der Waals surface area (Å²) in [6.45, 7) is 1.99. The topological polar surface area (TPSA) is 84.2 Å². The number of anilines is 1. The lowest BCUT2D eigenvalue weighted by atomic mass is 10.1. The molecule has 6 heteroatoms. The zero-order chi connectivity index (χ0) is 17.6. The predicted molar refractivity (Wildman–Crippen MR) is 97.2 cm³/mol. The van der Waals surface area contributed by atoms with E-state index in [4.69, 9.17) is 4.42 Å². The second kappa shape index (κ2) is 7.44. The minimum atomic E-state index is -0.462. The van der Waals surface area contributed by atoms with E-state index in [9.17, 15) is 9.59 Å². The minimum Gasteiger partial charge on any atom is -0.403 e. The molecule has 6 nitrogen and oxygen atoms in total. The number of hydrogen-bond acceptors (Lipinski definition) is 5. The number of allylic oxidation sites excluding steroid dienone is 1. The summed E-state index contributed by atoms with van der Waals surface area (Å²) in [6.07, 6.45) is 3.49. The second-order valence-corrected chi connectivity index (χ2v) is 5.30. The third-order valence-corrected chi connectivity index (χ3v) is 3.51. The van der Waals surface area contributed by atoms with Crippen molar-refractivity contribution < 1.29 is 9.21 Å². The lowest BCUT2D eigenvalue weighted by Gasteiger charge is -2.10. The fourth-order valence-electron chi connectivity index (χ4n) is 2.38. The average molecular weight is 335 g/mol. The highest BCUT2D eigenvalue weighted by molar-refractivity contribution is 5.96. The van der Waals surface area contributed by atoms with Crippen molar-refractivity contribution in [3.8, 4) is 11.5 Å². The summed E-state index contributed by atoms with van der Waals surface area (Å²) < 4.78 is 5.35. The van der Waals surface area contributed by atoms with E-state index in [2.05, 4.69) is 15.6 Å². The van der Waals surface area contributed by atoms with Crippen LogP contribution in [-0.2, 0) is 4.79 Å². The molecule has 0 fully saturated rings. The Bertz CT molecular complexity index is 992. The molecule has 0 atom stereocenters. The van der Waals surface area contributed by atoms with Gasteiger partial charge in [-0.05, 0) is 37.4 Å². The maximum Gasteiger partial charge on any atom is 0.347 e. The summed E-state index contributed by atoms with van der Waals surface area (Å²) in [5, 5.41) is 6.08. The Balaban J connectivity index is 1.96. The molecule has 1 amide bonds. The molecule has 0 saturated carbocycles. The van der Waals surface area contributed by atoms with Crippen molar-refractivity contribution in [2.45, 2.75) is 6.92 Å². The highest BCUT2D eigenvalue weighted by atomic mass is 16.4. The first kappa shape index (κ1) is 16.4. The molecule has 1 aromatic heterocycles. The molecule has 0 saturated heterocycles. The molecule has 0 radical (unpaired) electrons. The van der Waals surface area contributed by atoms with Gasteiger partial charge in [0.1, 0.15) is 0 Å². The standard InChI is InChI=1S/C19H17N3O3/c1-2-11-20-12-17(23)21-15-9-5-3-7-13(15)18-22-16-10-6-4-8-14(16)19(24)25-18/h2-11,20H,12H2,1H3,(H,21,23)/b11-2-. The summed E-state index contributed by atoms with van der Waals surface area (Å²) in [6, 6.07) is 14.0. The first-order valence-corrected chi connectivity index (χ1v) is 7.82. The lowest BCUT2D eigenvalue weighted by molar-refractivity contribution is -0.115. The number of para-hydroxylation sites is 2. The molecule has 0 aliphatic heterocycles. The van der Waals surface area contributed by atoms with Gasteiger partial charge in [0.15, 0.2) is 0 Å². The van der Waals surface area contributed by atoms with Crippen molar-refractivity contribution in [1.29, 1.82) is 0 Å². The number of nitrogens with zero attached hydrogens (tertiary/aromatic N) is 1. The average Bonchev–Trinajstić information content (AvgIpc) is 2.62. The first-order chi connectivity index (χ1) is 12.2. The van der Waals surface area contributed by atoms with Crippen molar-refractivity contribution >= 4 is 22.5 Å². The van der Waals surface area contributed by atoms with Crippen molar-refractivity contribution in [2.24, 2.45) is 0 Å². The smallest absolute Gasteiger partial charge is 0.347 e. The Kier molecular flexibility index (Phi) is 4.89. The minimum absolute atomic E-state index is 0.133. The number of rotatable bonds is 5. The van der Waals surface area contributed by atoms with Gasteiger partial charge in [-0.15, -0.1) is 0 Å². The van der Waals surface area contributed by atoms with E-state index in [0.717, 1.165) is 0 Å². The largest absolute Gasteiger partial charge is 0.403 e. The molecule has 0 unspecified atom stereocenters. The van der Waals surface area contributed by atoms with Crippen LogP contribution >= 0.6 is 0 Å². The molecule has 126 valence electrons. The number of aromatic nitrogens is 1. The second-order valence-electron chi connectivity index (χ2n) is 5.30. The third kappa shape index (κ3) is 3.74. The number of carbonyl (C=O) groups excluding carboxylic acids is 1. The Morgan fingerprint density at radius 3 is 2.76 bits per heavy atom. The molecule has 0 aliphatic rings. The van der Waals surface area contributed by atoms with Crippen molar-refractivity contribution in [2.75, 3.05) is 11.9 Å². The van der Waals surface area contributed by atoms with Gasteiger partial charge in [-0.2, -0.15) is 0 Å². The van der Waals surface area contributed by atoms with Crippen LogP contribution in [0.1, 0.15) is 6.92 Å². The van der Waals surface area contributed by atoms with Gasteiger partial charge in [-0.25, -0.2) is 9.78 Å². The summed E-state index contributed by atoms with van der Waals surface area (Å²) in [5.74, 6) is -0.0466. The summed E-state index contributed by atoms with van der Waals surface area (Å²) in [4.78, 5) is 28.6.